The van der Waals surface area contributed by atoms with Crippen LogP contribution in [-0.2, 0) is 4.74 Å². The topological polar surface area (TPSA) is 29.5 Å². The maximum Gasteiger partial charge on any atom is 0.0568 e. The number of aliphatic hydroxyl groups is 1. The first-order chi connectivity index (χ1) is 7.81. The van der Waals surface area contributed by atoms with E-state index in [1.54, 1.807) is 0 Å². The van der Waals surface area contributed by atoms with Gasteiger partial charge in [0, 0.05) is 13.2 Å². The van der Waals surface area contributed by atoms with Crippen LogP contribution in [0.4, 0.5) is 0 Å². The molecule has 1 N–H and O–H groups in total. The molecule has 98 valence electrons. The summed E-state index contributed by atoms with van der Waals surface area (Å²) in [7, 11) is 0. The molecule has 0 bridgehead atoms. The zero-order valence-electron chi connectivity index (χ0n) is 11.2. The first-order valence-electron chi connectivity index (χ1n) is 7.03. The summed E-state index contributed by atoms with van der Waals surface area (Å²) in [5.74, 6) is 0. The summed E-state index contributed by atoms with van der Waals surface area (Å²) in [4.78, 5) is 0. The molecule has 0 saturated carbocycles. The Balaban J connectivity index is 2.98. The number of aliphatic hydroxyl groups excluding tert-OH is 1. The Morgan fingerprint density at radius 3 is 2.06 bits per heavy atom. The van der Waals surface area contributed by atoms with Crippen molar-refractivity contribution in [2.24, 2.45) is 0 Å². The van der Waals surface area contributed by atoms with Crippen molar-refractivity contribution in [3.05, 3.63) is 0 Å². The minimum atomic E-state index is 0.217. The number of rotatable bonds is 12. The van der Waals surface area contributed by atoms with E-state index in [0.29, 0.717) is 0 Å². The van der Waals surface area contributed by atoms with Gasteiger partial charge in [-0.25, -0.2) is 0 Å². The fraction of sp³-hybridized carbons (Fsp3) is 1.00. The van der Waals surface area contributed by atoms with Gasteiger partial charge in [-0.2, -0.15) is 0 Å². The normalized spacial score (nSPS) is 12.9. The van der Waals surface area contributed by atoms with Crippen molar-refractivity contribution in [3.63, 3.8) is 0 Å². The second-order valence-electron chi connectivity index (χ2n) is 4.67. The lowest BCUT2D eigenvalue weighted by molar-refractivity contribution is 0.0456. The van der Waals surface area contributed by atoms with E-state index in [4.69, 9.17) is 9.84 Å². The third-order valence-corrected chi connectivity index (χ3v) is 2.94. The maximum atomic E-state index is 8.70. The van der Waals surface area contributed by atoms with Crippen molar-refractivity contribution in [2.45, 2.75) is 77.7 Å². The molecule has 16 heavy (non-hydrogen) atoms. The van der Waals surface area contributed by atoms with Crippen molar-refractivity contribution in [3.8, 4) is 0 Å². The van der Waals surface area contributed by atoms with Gasteiger partial charge < -0.3 is 9.84 Å². The lowest BCUT2D eigenvalue weighted by atomic mass is 10.1. The summed E-state index contributed by atoms with van der Waals surface area (Å²) >= 11 is 0. The molecule has 0 fully saturated rings. The molecule has 1 unspecified atom stereocenters. The smallest absolute Gasteiger partial charge is 0.0568 e. The fourth-order valence-electron chi connectivity index (χ4n) is 1.79. The van der Waals surface area contributed by atoms with Crippen molar-refractivity contribution >= 4 is 0 Å². The number of hydrogen-bond donors (Lipinski definition) is 1. The first kappa shape index (κ1) is 15.9. The molecule has 0 radical (unpaired) electrons. The van der Waals surface area contributed by atoms with Crippen LogP contribution in [0.2, 0.25) is 0 Å². The van der Waals surface area contributed by atoms with Gasteiger partial charge in [-0.3, -0.25) is 0 Å². The second kappa shape index (κ2) is 13.0. The highest BCUT2D eigenvalue weighted by Gasteiger charge is 1.99. The summed E-state index contributed by atoms with van der Waals surface area (Å²) in [6.07, 6.45) is 11.7. The van der Waals surface area contributed by atoms with Crippen molar-refractivity contribution in [2.75, 3.05) is 13.2 Å². The van der Waals surface area contributed by atoms with E-state index in [9.17, 15) is 0 Å². The molecule has 0 aliphatic rings. The molecule has 0 spiro atoms. The molecule has 0 amide bonds. The summed E-state index contributed by atoms with van der Waals surface area (Å²) < 4.78 is 5.57. The molecule has 0 rings (SSSR count). The van der Waals surface area contributed by atoms with Gasteiger partial charge >= 0.3 is 0 Å². The van der Waals surface area contributed by atoms with Crippen LogP contribution in [0.3, 0.4) is 0 Å². The zero-order valence-corrected chi connectivity index (χ0v) is 11.2. The van der Waals surface area contributed by atoms with E-state index in [1.165, 1.54) is 51.4 Å². The zero-order chi connectivity index (χ0) is 12.1. The van der Waals surface area contributed by atoms with Gasteiger partial charge in [0.05, 0.1) is 6.10 Å². The number of ether oxygens (including phenoxy) is 1. The number of unbranched alkanes of at least 4 members (excludes halogenated alkanes) is 7. The van der Waals surface area contributed by atoms with Gasteiger partial charge in [0.15, 0.2) is 0 Å². The highest BCUT2D eigenvalue weighted by atomic mass is 16.5. The Kier molecular flexibility index (Phi) is 12.9. The van der Waals surface area contributed by atoms with Crippen molar-refractivity contribution in [1.29, 1.82) is 0 Å². The molecule has 0 aromatic carbocycles. The van der Waals surface area contributed by atoms with Crippen LogP contribution in [-0.4, -0.2) is 24.4 Å². The monoisotopic (exact) mass is 230 g/mol. The molecular weight excluding hydrogens is 200 g/mol. The van der Waals surface area contributed by atoms with Gasteiger partial charge in [-0.1, -0.05) is 51.9 Å². The van der Waals surface area contributed by atoms with Crippen molar-refractivity contribution in [1.82, 2.24) is 0 Å². The van der Waals surface area contributed by atoms with Crippen LogP contribution in [0.15, 0.2) is 0 Å². The van der Waals surface area contributed by atoms with E-state index in [0.717, 1.165) is 13.0 Å². The molecule has 2 nitrogen and oxygen atoms in total. The van der Waals surface area contributed by atoms with Crippen LogP contribution >= 0.6 is 0 Å². The predicted molar refractivity (Wildman–Crippen MR) is 69.7 cm³/mol. The molecule has 0 aliphatic carbocycles. The summed E-state index contributed by atoms with van der Waals surface area (Å²) in [5.41, 5.74) is 0. The Morgan fingerprint density at radius 2 is 1.50 bits per heavy atom. The van der Waals surface area contributed by atoms with Gasteiger partial charge in [0.25, 0.3) is 0 Å². The Labute approximate surface area is 101 Å². The van der Waals surface area contributed by atoms with Gasteiger partial charge in [0.2, 0.25) is 0 Å². The average Bonchev–Trinajstić information content (AvgIpc) is 2.27. The highest BCUT2D eigenvalue weighted by Crippen LogP contribution is 2.08. The minimum absolute atomic E-state index is 0.217. The Bertz CT molecular complexity index is 126. The summed E-state index contributed by atoms with van der Waals surface area (Å²) in [6.45, 7) is 5.38. The SMILES string of the molecule is CCCCCCCCCCOC(C)CCO. The minimum Gasteiger partial charge on any atom is -0.396 e. The van der Waals surface area contributed by atoms with Gasteiger partial charge in [-0.05, 0) is 19.8 Å². The third kappa shape index (κ3) is 12.0. The quantitative estimate of drug-likeness (QED) is 0.515. The third-order valence-electron chi connectivity index (χ3n) is 2.94. The predicted octanol–water partition coefficient (Wildman–Crippen LogP) is 3.91. The van der Waals surface area contributed by atoms with Crippen LogP contribution in [0, 0.1) is 0 Å². The Morgan fingerprint density at radius 1 is 0.938 bits per heavy atom. The standard InChI is InChI=1S/C14H30O2/c1-3-4-5-6-7-8-9-10-13-16-14(2)11-12-15/h14-15H,3-13H2,1-2H3. The number of hydrogen-bond acceptors (Lipinski definition) is 2. The highest BCUT2D eigenvalue weighted by molar-refractivity contribution is 4.49. The van der Waals surface area contributed by atoms with E-state index in [-0.39, 0.29) is 12.7 Å². The van der Waals surface area contributed by atoms with Crippen LogP contribution < -0.4 is 0 Å². The molecule has 0 saturated heterocycles. The van der Waals surface area contributed by atoms with Crippen LogP contribution in [0.5, 0.6) is 0 Å². The molecule has 0 aliphatic heterocycles. The molecule has 2 heteroatoms. The lowest BCUT2D eigenvalue weighted by Gasteiger charge is -2.11. The first-order valence-corrected chi connectivity index (χ1v) is 7.03. The average molecular weight is 230 g/mol. The lowest BCUT2D eigenvalue weighted by Crippen LogP contribution is -2.10. The van der Waals surface area contributed by atoms with Crippen LogP contribution in [0.1, 0.15) is 71.6 Å². The van der Waals surface area contributed by atoms with E-state index < -0.39 is 0 Å². The van der Waals surface area contributed by atoms with E-state index in [1.807, 2.05) is 6.92 Å². The second-order valence-corrected chi connectivity index (χ2v) is 4.67. The molecular formula is C14H30O2. The van der Waals surface area contributed by atoms with Gasteiger partial charge in [0.1, 0.15) is 0 Å². The van der Waals surface area contributed by atoms with Crippen LogP contribution in [0.25, 0.3) is 0 Å². The molecule has 1 atom stereocenters. The molecule has 0 aromatic heterocycles. The summed E-state index contributed by atoms with van der Waals surface area (Å²) in [6, 6.07) is 0. The Hall–Kier alpha value is -0.0800. The molecule has 0 heterocycles. The molecule has 0 aromatic rings. The maximum absolute atomic E-state index is 8.70. The van der Waals surface area contributed by atoms with Crippen molar-refractivity contribution < 1.29 is 9.84 Å². The fourth-order valence-corrected chi connectivity index (χ4v) is 1.79. The van der Waals surface area contributed by atoms with E-state index in [2.05, 4.69) is 6.92 Å². The largest absolute Gasteiger partial charge is 0.396 e. The van der Waals surface area contributed by atoms with E-state index >= 15 is 0 Å². The summed E-state index contributed by atoms with van der Waals surface area (Å²) in [5, 5.41) is 8.70. The van der Waals surface area contributed by atoms with Gasteiger partial charge in [-0.15, -0.1) is 0 Å².